The van der Waals surface area contributed by atoms with Gasteiger partial charge in [0.25, 0.3) is 0 Å². The molecule has 4 aliphatic heterocycles. The van der Waals surface area contributed by atoms with E-state index in [-0.39, 0.29) is 172 Å². The summed E-state index contributed by atoms with van der Waals surface area (Å²) in [5.74, 6) is -2.71. The van der Waals surface area contributed by atoms with Crippen LogP contribution >= 0.6 is 0 Å². The first-order chi connectivity index (χ1) is 71.1. The highest BCUT2D eigenvalue weighted by molar-refractivity contribution is 6.65. The van der Waals surface area contributed by atoms with Crippen LogP contribution in [-0.4, -0.2) is 261 Å². The van der Waals surface area contributed by atoms with Crippen molar-refractivity contribution in [3.63, 3.8) is 0 Å². The van der Waals surface area contributed by atoms with Crippen LogP contribution in [0.2, 0.25) is 0 Å². The van der Waals surface area contributed by atoms with E-state index in [1.54, 1.807) is 64.8 Å². The Morgan fingerprint density at radius 3 is 0.892 bits per heavy atom. The normalized spacial score (nSPS) is 14.3. The summed E-state index contributed by atoms with van der Waals surface area (Å²) in [5.41, 5.74) is 10.7. The molecule has 0 saturated carbocycles. The second-order valence-corrected chi connectivity index (χ2v) is 34.0. The highest BCUT2D eigenvalue weighted by atomic mass is 19.2. The maximum atomic E-state index is 13.5. The molecule has 148 heavy (non-hydrogen) atoms. The second kappa shape index (κ2) is 71.5. The smallest absolute Gasteiger partial charge is 0.423 e. The maximum Gasteiger partial charge on any atom is 0.495 e. The molecule has 0 spiro atoms. The Hall–Kier alpha value is -8.34. The van der Waals surface area contributed by atoms with E-state index in [0.29, 0.717) is 77.4 Å². The lowest BCUT2D eigenvalue weighted by Gasteiger charge is -2.32. The van der Waals surface area contributed by atoms with Gasteiger partial charge in [0.2, 0.25) is 0 Å². The summed E-state index contributed by atoms with van der Waals surface area (Å²) in [6, 6.07) is 44.5. The fourth-order valence-corrected chi connectivity index (χ4v) is 14.1. The Morgan fingerprint density at radius 1 is 0.311 bits per heavy atom. The van der Waals surface area contributed by atoms with Crippen molar-refractivity contribution >= 4 is 101 Å². The summed E-state index contributed by atoms with van der Waals surface area (Å²) in [6.45, 7) is 21.4. The predicted octanol–water partition coefficient (Wildman–Crippen LogP) is 9.77. The number of benzene rings is 9. The Balaban J connectivity index is 0.000000259. The van der Waals surface area contributed by atoms with Crippen molar-refractivity contribution in [2.24, 2.45) is 0 Å². The third-order valence-corrected chi connectivity index (χ3v) is 21.6. The molecular weight excluding hydrogens is 1950 g/mol. The zero-order valence-corrected chi connectivity index (χ0v) is 87.4. The minimum Gasteiger partial charge on any atom is -0.423 e. The van der Waals surface area contributed by atoms with Crippen LogP contribution in [0.5, 0.6) is 0 Å². The summed E-state index contributed by atoms with van der Waals surface area (Å²) in [4.78, 5) is 0. The van der Waals surface area contributed by atoms with E-state index in [9.17, 15) is 40.1 Å². The fraction of sp³-hybridized carbons (Fsp3) is 0.460. The minimum absolute atomic E-state index is 0.00783. The van der Waals surface area contributed by atoms with E-state index >= 15 is 0 Å². The third-order valence-electron chi connectivity index (χ3n) is 21.6. The van der Waals surface area contributed by atoms with Crippen LogP contribution < -0.4 is 43.7 Å². The Bertz CT molecular complexity index is 5040. The first kappa shape index (κ1) is 128. The molecule has 0 aliphatic carbocycles. The highest BCUT2D eigenvalue weighted by Gasteiger charge is 2.52. The highest BCUT2D eigenvalue weighted by Crippen LogP contribution is 2.37. The van der Waals surface area contributed by atoms with Crippen molar-refractivity contribution < 1.29 is 186 Å². The molecule has 4 heterocycles. The summed E-state index contributed by atoms with van der Waals surface area (Å²) in [7, 11) is 10.9. The van der Waals surface area contributed by atoms with E-state index in [4.69, 9.17) is 142 Å². The Kier molecular flexibility index (Phi) is 62.0. The van der Waals surface area contributed by atoms with Gasteiger partial charge >= 0.3 is 56.9 Å². The van der Waals surface area contributed by atoms with E-state index < -0.39 is 74.0 Å². The molecule has 32 nitrogen and oxygen atoms in total. The van der Waals surface area contributed by atoms with Gasteiger partial charge in [0.15, 0.2) is 0 Å². The van der Waals surface area contributed by atoms with Gasteiger partial charge in [-0.2, -0.15) is 0 Å². The molecule has 0 bridgehead atoms. The van der Waals surface area contributed by atoms with Crippen LogP contribution in [0.1, 0.15) is 118 Å². The molecular formula is C100H136B8F8O32. The summed E-state index contributed by atoms with van der Waals surface area (Å²) in [5, 5.41) is 27.5. The average Bonchev–Trinajstić information content (AvgIpc) is 1.61. The molecule has 808 valence electrons. The monoisotopic (exact) mass is 2090 g/mol. The van der Waals surface area contributed by atoms with Crippen LogP contribution in [-0.2, 0) is 189 Å². The number of ether oxygens (including phenoxy) is 16. The molecule has 9 aromatic carbocycles. The number of halogens is 8. The first-order valence-corrected chi connectivity index (χ1v) is 47.0. The standard InChI is InChI=1S/C17H18BFO4.C15H22BFO4.C15H24BFO4.C12H16BFO4.C11H14BFO4.C11H16BFO4.C10H14BFO4.C9H12BFO4/c1-20-12-21-10-14-9-15(19)7-8-16(14)18-22-11-17(23-18)13-5-3-2-4-6-13;1-14(2)15(3,4)21-16(20-14)13-7-6-12(17)8-11(13)9-19-10-18-5;1-11(2)20-16(21-12(3)4)15-7-6-14(17)8-13(15)9-19-10-18-5;1-15-9-16-8-10-7-11(14)3-4-12(10)13-17-5-2-6-18-13;1-14-8-15-7-9-6-10(13)2-3-11(9)12-16-4-5-17-12;1-14-8-17-7-9-6-10(13)4-5-11(9)12(15-2)16-3;1-14-7-16-6-8-5-9(12)3-4-10(8)11(13)15-2;1-14-6-15-5-7-4-8(11)2-3-9(7)10(12)13/h2-9,17H,10-12H2,1H3;6-8H,9-10H2,1-5H3;6-8,11-12H,9-10H2,1-5H3;3-4,7H,2,5-6,8-9H2,1H3;2-3,6H,4-5,7-8H2,1H3;4-6H,7-8H2,1-3H3;3-5,13H,6-7H2,1-2H3;2-4,12-13H,5-6H2,1H3. The number of hydrogen-bond acceptors (Lipinski definition) is 32. The largest absolute Gasteiger partial charge is 0.495 e. The SMILES string of the molecule is COCOCc1cc(F)ccc1B(O)O.COCOCc1cc(F)ccc1B(O)OC.COCOCc1cc(F)ccc1B(OC(C)C)OC(C)C.COCOCc1cc(F)ccc1B(OC)OC.COCOCc1cc(F)ccc1B1OC(C)(C)C(C)(C)O1.COCOCc1cc(F)ccc1B1OCC(c2ccccc2)O1.COCOCc1cc(F)ccc1B1OCCCO1.COCOCc1cc(F)ccc1B1OCCO1. The van der Waals surface area contributed by atoms with Crippen molar-refractivity contribution in [3.8, 4) is 0 Å². The lowest BCUT2D eigenvalue weighted by molar-refractivity contribution is -0.0390. The zero-order chi connectivity index (χ0) is 108. The quantitative estimate of drug-likeness (QED) is 0.0138. The predicted molar refractivity (Wildman–Crippen MR) is 543 cm³/mol. The van der Waals surface area contributed by atoms with Crippen molar-refractivity contribution in [2.75, 3.05) is 166 Å². The molecule has 4 saturated heterocycles. The number of rotatable bonds is 48. The molecule has 4 aliphatic rings. The molecule has 48 heteroatoms. The summed E-state index contributed by atoms with van der Waals surface area (Å²) < 4.78 is 258. The minimum atomic E-state index is -1.63. The van der Waals surface area contributed by atoms with Crippen LogP contribution in [0.25, 0.3) is 0 Å². The molecule has 9 aromatic rings. The number of hydrogen-bond donors (Lipinski definition) is 3. The molecule has 13 rings (SSSR count). The van der Waals surface area contributed by atoms with E-state index in [2.05, 4.69) is 4.74 Å². The van der Waals surface area contributed by atoms with Gasteiger partial charge in [0.05, 0.1) is 90.0 Å². The lowest BCUT2D eigenvalue weighted by atomic mass is 9.75. The Morgan fingerprint density at radius 2 is 0.581 bits per heavy atom. The zero-order valence-electron chi connectivity index (χ0n) is 87.4. The first-order valence-electron chi connectivity index (χ1n) is 47.0. The molecule has 0 radical (unpaired) electrons. The second-order valence-electron chi connectivity index (χ2n) is 34.0. The molecule has 0 amide bonds. The van der Waals surface area contributed by atoms with Crippen LogP contribution in [0.15, 0.2) is 176 Å². The van der Waals surface area contributed by atoms with Crippen molar-refractivity contribution in [1.29, 1.82) is 0 Å². The van der Waals surface area contributed by atoms with Crippen LogP contribution in [0, 0.1) is 46.5 Å². The third kappa shape index (κ3) is 45.9. The fourth-order valence-electron chi connectivity index (χ4n) is 14.1. The van der Waals surface area contributed by atoms with E-state index in [1.807, 2.05) is 85.7 Å². The molecule has 4 fully saturated rings. The van der Waals surface area contributed by atoms with Gasteiger partial charge in [-0.25, -0.2) is 35.1 Å². The van der Waals surface area contributed by atoms with Gasteiger partial charge in [-0.05, 0) is 253 Å². The topological polar surface area (TPSA) is 328 Å². The van der Waals surface area contributed by atoms with Crippen molar-refractivity contribution in [2.45, 2.75) is 144 Å². The van der Waals surface area contributed by atoms with Gasteiger partial charge in [-0.1, -0.05) is 78.9 Å². The van der Waals surface area contributed by atoms with Gasteiger partial charge in [0.1, 0.15) is 101 Å². The lowest BCUT2D eigenvalue weighted by Crippen LogP contribution is -2.42. The van der Waals surface area contributed by atoms with Gasteiger partial charge in [-0.3, -0.25) is 0 Å². The van der Waals surface area contributed by atoms with E-state index in [0.717, 1.165) is 56.4 Å². The van der Waals surface area contributed by atoms with Gasteiger partial charge in [0, 0.05) is 104 Å². The summed E-state index contributed by atoms with van der Waals surface area (Å²) >= 11 is 0. The van der Waals surface area contributed by atoms with Crippen molar-refractivity contribution in [1.82, 2.24) is 0 Å². The molecule has 1 atom stereocenters. The molecule has 0 aromatic heterocycles. The van der Waals surface area contributed by atoms with Crippen LogP contribution in [0.3, 0.4) is 0 Å². The molecule has 3 N–H and O–H groups in total. The van der Waals surface area contributed by atoms with Gasteiger partial charge in [-0.15, -0.1) is 0 Å². The average molecular weight is 2090 g/mol. The van der Waals surface area contributed by atoms with Crippen molar-refractivity contribution in [3.05, 3.63) is 273 Å². The van der Waals surface area contributed by atoms with Crippen LogP contribution in [0.4, 0.5) is 35.1 Å². The summed E-state index contributed by atoms with van der Waals surface area (Å²) in [6.07, 6.45) is 0.741. The van der Waals surface area contributed by atoms with E-state index in [1.165, 1.54) is 153 Å². The molecule has 1 unspecified atom stereocenters. The number of methoxy groups -OCH3 is 8. The maximum absolute atomic E-state index is 13.5. The Labute approximate surface area is 865 Å². The van der Waals surface area contributed by atoms with Gasteiger partial charge < -0.3 is 151 Å².